The summed E-state index contributed by atoms with van der Waals surface area (Å²) in [7, 11) is 1.46. The molecular weight excluding hydrogens is 275 g/mol. The van der Waals surface area contributed by atoms with Crippen molar-refractivity contribution >= 4 is 11.3 Å². The molecule has 1 N–H and O–H groups in total. The molecule has 0 spiro atoms. The molecule has 1 aromatic carbocycles. The molecule has 0 fully saturated rings. The molecule has 5 heteroatoms. The predicted octanol–water partition coefficient (Wildman–Crippen LogP) is 4.01. The zero-order valence-corrected chi connectivity index (χ0v) is 12.9. The van der Waals surface area contributed by atoms with E-state index in [0.717, 1.165) is 16.3 Å². The molecule has 0 aliphatic rings. The van der Waals surface area contributed by atoms with Crippen LogP contribution in [0, 0.1) is 12.7 Å². The molecule has 0 aliphatic heterocycles. The van der Waals surface area contributed by atoms with Gasteiger partial charge in [-0.25, -0.2) is 9.37 Å². The van der Waals surface area contributed by atoms with Crippen LogP contribution in [0.1, 0.15) is 42.2 Å². The third kappa shape index (κ3) is 3.35. The largest absolute Gasteiger partial charge is 0.494 e. The molecule has 0 saturated carbocycles. The normalized spacial score (nSPS) is 14.1. The van der Waals surface area contributed by atoms with E-state index >= 15 is 0 Å². The van der Waals surface area contributed by atoms with Gasteiger partial charge in [0.1, 0.15) is 0 Å². The zero-order chi connectivity index (χ0) is 14.7. The summed E-state index contributed by atoms with van der Waals surface area (Å²) in [5.74, 6) is -0.0695. The van der Waals surface area contributed by atoms with E-state index < -0.39 is 0 Å². The Bertz CT molecular complexity index is 585. The molecule has 1 aromatic heterocycles. The summed E-state index contributed by atoms with van der Waals surface area (Å²) in [5, 5.41) is 6.53. The fourth-order valence-electron chi connectivity index (χ4n) is 2.09. The Labute approximate surface area is 122 Å². The molecule has 0 bridgehead atoms. The SMILES string of the molecule is COc1ccc(C(C)NC(C)c2csc(C)n2)cc1F. The second-order valence-corrected chi connectivity index (χ2v) is 5.86. The van der Waals surface area contributed by atoms with Gasteiger partial charge in [-0.05, 0) is 38.5 Å². The highest BCUT2D eigenvalue weighted by molar-refractivity contribution is 7.09. The lowest BCUT2D eigenvalue weighted by molar-refractivity contribution is 0.385. The maximum absolute atomic E-state index is 13.7. The summed E-state index contributed by atoms with van der Waals surface area (Å²) in [6, 6.07) is 5.20. The van der Waals surface area contributed by atoms with Crippen molar-refractivity contribution in [3.05, 3.63) is 45.7 Å². The predicted molar refractivity (Wildman–Crippen MR) is 79.8 cm³/mol. The average Bonchev–Trinajstić information content (AvgIpc) is 2.85. The first-order valence-corrected chi connectivity index (χ1v) is 7.40. The second-order valence-electron chi connectivity index (χ2n) is 4.80. The second kappa shape index (κ2) is 6.33. The van der Waals surface area contributed by atoms with Gasteiger partial charge in [-0.3, -0.25) is 0 Å². The van der Waals surface area contributed by atoms with Crippen LogP contribution in [0.2, 0.25) is 0 Å². The number of nitrogens with zero attached hydrogens (tertiary/aromatic N) is 1. The van der Waals surface area contributed by atoms with Crippen molar-refractivity contribution in [2.75, 3.05) is 7.11 Å². The first-order chi connectivity index (χ1) is 9.51. The van der Waals surface area contributed by atoms with Crippen LogP contribution in [-0.2, 0) is 0 Å². The summed E-state index contributed by atoms with van der Waals surface area (Å²) in [4.78, 5) is 4.46. The molecule has 108 valence electrons. The first kappa shape index (κ1) is 14.9. The molecule has 2 aromatic rings. The van der Waals surface area contributed by atoms with Crippen molar-refractivity contribution in [1.29, 1.82) is 0 Å². The summed E-state index contributed by atoms with van der Waals surface area (Å²) in [6.45, 7) is 6.06. The van der Waals surface area contributed by atoms with Gasteiger partial charge >= 0.3 is 0 Å². The van der Waals surface area contributed by atoms with Crippen LogP contribution in [-0.4, -0.2) is 12.1 Å². The van der Waals surface area contributed by atoms with Crippen LogP contribution < -0.4 is 10.1 Å². The quantitative estimate of drug-likeness (QED) is 0.904. The third-order valence-electron chi connectivity index (χ3n) is 3.26. The number of nitrogens with one attached hydrogen (secondary N) is 1. The number of thiazole rings is 1. The Morgan fingerprint density at radius 3 is 2.60 bits per heavy atom. The van der Waals surface area contributed by atoms with Crippen molar-refractivity contribution in [1.82, 2.24) is 10.3 Å². The number of hydrogen-bond acceptors (Lipinski definition) is 4. The van der Waals surface area contributed by atoms with Crippen LogP contribution in [0.3, 0.4) is 0 Å². The molecule has 2 unspecified atom stereocenters. The van der Waals surface area contributed by atoms with Crippen molar-refractivity contribution in [3.63, 3.8) is 0 Å². The molecule has 0 saturated heterocycles. The molecule has 3 nitrogen and oxygen atoms in total. The van der Waals surface area contributed by atoms with Gasteiger partial charge in [0.25, 0.3) is 0 Å². The van der Waals surface area contributed by atoms with E-state index in [2.05, 4.69) is 17.2 Å². The van der Waals surface area contributed by atoms with Crippen LogP contribution in [0.5, 0.6) is 5.75 Å². The fourth-order valence-corrected chi connectivity index (χ4v) is 2.79. The fraction of sp³-hybridized carbons (Fsp3) is 0.400. The van der Waals surface area contributed by atoms with Gasteiger partial charge in [0.15, 0.2) is 11.6 Å². The Morgan fingerprint density at radius 1 is 1.30 bits per heavy atom. The molecule has 0 aliphatic carbocycles. The molecule has 2 rings (SSSR count). The topological polar surface area (TPSA) is 34.1 Å². The van der Waals surface area contributed by atoms with E-state index in [0.29, 0.717) is 0 Å². The highest BCUT2D eigenvalue weighted by Gasteiger charge is 2.14. The number of methoxy groups -OCH3 is 1. The van der Waals surface area contributed by atoms with Crippen molar-refractivity contribution < 1.29 is 9.13 Å². The van der Waals surface area contributed by atoms with Crippen LogP contribution >= 0.6 is 11.3 Å². The van der Waals surface area contributed by atoms with Crippen LogP contribution in [0.4, 0.5) is 4.39 Å². The average molecular weight is 294 g/mol. The number of benzene rings is 1. The van der Waals surface area contributed by atoms with Crippen LogP contribution in [0.25, 0.3) is 0 Å². The Kier molecular flexibility index (Phi) is 4.73. The smallest absolute Gasteiger partial charge is 0.165 e. The summed E-state index contributed by atoms with van der Waals surface area (Å²) in [6.07, 6.45) is 0. The van der Waals surface area contributed by atoms with Crippen molar-refractivity contribution in [2.45, 2.75) is 32.9 Å². The van der Waals surface area contributed by atoms with E-state index in [9.17, 15) is 4.39 Å². The molecule has 1 heterocycles. The van der Waals surface area contributed by atoms with Gasteiger partial charge in [0.05, 0.1) is 17.8 Å². The molecule has 20 heavy (non-hydrogen) atoms. The Hall–Kier alpha value is -1.46. The van der Waals surface area contributed by atoms with Gasteiger partial charge < -0.3 is 10.1 Å². The number of ether oxygens (including phenoxy) is 1. The summed E-state index contributed by atoms with van der Waals surface area (Å²) < 4.78 is 18.6. The highest BCUT2D eigenvalue weighted by atomic mass is 32.1. The lowest BCUT2D eigenvalue weighted by Crippen LogP contribution is -2.22. The number of halogens is 1. The van der Waals surface area contributed by atoms with Crippen LogP contribution in [0.15, 0.2) is 23.6 Å². The lowest BCUT2D eigenvalue weighted by Gasteiger charge is -2.19. The maximum Gasteiger partial charge on any atom is 0.165 e. The van der Waals surface area contributed by atoms with E-state index in [1.807, 2.05) is 25.3 Å². The minimum absolute atomic E-state index is 0.0346. The lowest BCUT2D eigenvalue weighted by atomic mass is 10.1. The highest BCUT2D eigenvalue weighted by Crippen LogP contribution is 2.24. The molecule has 0 radical (unpaired) electrons. The van der Waals surface area contributed by atoms with Gasteiger partial charge in [-0.15, -0.1) is 11.3 Å². The molecular formula is C15H19FN2OS. The van der Waals surface area contributed by atoms with E-state index in [1.54, 1.807) is 17.4 Å². The van der Waals surface area contributed by atoms with Gasteiger partial charge in [0, 0.05) is 17.5 Å². The molecule has 2 atom stereocenters. The number of hydrogen-bond donors (Lipinski definition) is 1. The summed E-state index contributed by atoms with van der Waals surface area (Å²) >= 11 is 1.64. The third-order valence-corrected chi connectivity index (χ3v) is 4.05. The number of rotatable bonds is 5. The van der Waals surface area contributed by atoms with E-state index in [4.69, 9.17) is 4.74 Å². The standard InChI is InChI=1S/C15H19FN2OS/c1-9(12-5-6-15(19-4)13(16)7-12)17-10(2)14-8-20-11(3)18-14/h5-10,17H,1-4H3. The maximum atomic E-state index is 13.7. The minimum atomic E-state index is -0.337. The first-order valence-electron chi connectivity index (χ1n) is 6.52. The van der Waals surface area contributed by atoms with Gasteiger partial charge in [-0.2, -0.15) is 0 Å². The molecule has 0 amide bonds. The number of aryl methyl sites for hydroxylation is 1. The minimum Gasteiger partial charge on any atom is -0.494 e. The monoisotopic (exact) mass is 294 g/mol. The van der Waals surface area contributed by atoms with E-state index in [-0.39, 0.29) is 23.7 Å². The zero-order valence-electron chi connectivity index (χ0n) is 12.1. The Morgan fingerprint density at radius 2 is 2.05 bits per heavy atom. The van der Waals surface area contributed by atoms with E-state index in [1.165, 1.54) is 13.2 Å². The van der Waals surface area contributed by atoms with Crippen molar-refractivity contribution in [3.8, 4) is 5.75 Å². The van der Waals surface area contributed by atoms with Gasteiger partial charge in [0.2, 0.25) is 0 Å². The van der Waals surface area contributed by atoms with Crippen molar-refractivity contribution in [2.24, 2.45) is 0 Å². The number of aromatic nitrogens is 1. The summed E-state index contributed by atoms with van der Waals surface area (Å²) in [5.41, 5.74) is 1.91. The Balaban J connectivity index is 2.07. The van der Waals surface area contributed by atoms with Gasteiger partial charge in [-0.1, -0.05) is 6.07 Å².